The normalized spacial score (nSPS) is 14.2. The van der Waals surface area contributed by atoms with E-state index < -0.39 is 0 Å². The second kappa shape index (κ2) is 7.47. The van der Waals surface area contributed by atoms with Gasteiger partial charge in [0.15, 0.2) is 0 Å². The molecule has 1 N–H and O–H groups in total. The van der Waals surface area contributed by atoms with Crippen molar-refractivity contribution in [2.24, 2.45) is 0 Å². The molecule has 0 fully saturated rings. The van der Waals surface area contributed by atoms with E-state index >= 15 is 0 Å². The fourth-order valence-electron chi connectivity index (χ4n) is 3.01. The highest BCUT2D eigenvalue weighted by Crippen LogP contribution is 2.24. The maximum atomic E-state index is 12.3. The SMILES string of the molecule is O=C(NCCN1CCc2sccc2C1)c1csc(-c2ccccc2)n1. The Labute approximate surface area is 155 Å². The van der Waals surface area contributed by atoms with E-state index in [9.17, 15) is 4.79 Å². The molecule has 0 aliphatic carbocycles. The molecule has 1 aromatic carbocycles. The Kier molecular flexibility index (Phi) is 4.92. The average molecular weight is 370 g/mol. The largest absolute Gasteiger partial charge is 0.349 e. The van der Waals surface area contributed by atoms with E-state index in [1.165, 1.54) is 21.8 Å². The van der Waals surface area contributed by atoms with Gasteiger partial charge in [-0.2, -0.15) is 0 Å². The zero-order chi connectivity index (χ0) is 17.1. The highest BCUT2D eigenvalue weighted by Gasteiger charge is 2.17. The van der Waals surface area contributed by atoms with E-state index in [1.807, 2.05) is 47.0 Å². The van der Waals surface area contributed by atoms with Gasteiger partial charge in [-0.3, -0.25) is 9.69 Å². The molecular weight excluding hydrogens is 350 g/mol. The van der Waals surface area contributed by atoms with Crippen LogP contribution in [0.25, 0.3) is 10.6 Å². The molecule has 0 unspecified atom stereocenters. The number of amides is 1. The van der Waals surface area contributed by atoms with Crippen molar-refractivity contribution >= 4 is 28.6 Å². The highest BCUT2D eigenvalue weighted by atomic mass is 32.1. The van der Waals surface area contributed by atoms with E-state index in [0.29, 0.717) is 12.2 Å². The number of aromatic nitrogens is 1. The van der Waals surface area contributed by atoms with Crippen molar-refractivity contribution in [2.45, 2.75) is 13.0 Å². The monoisotopic (exact) mass is 369 g/mol. The van der Waals surface area contributed by atoms with Gasteiger partial charge >= 0.3 is 0 Å². The lowest BCUT2D eigenvalue weighted by Gasteiger charge is -2.26. The van der Waals surface area contributed by atoms with Crippen LogP contribution in [0.15, 0.2) is 47.2 Å². The van der Waals surface area contributed by atoms with Crippen LogP contribution < -0.4 is 5.32 Å². The summed E-state index contributed by atoms with van der Waals surface area (Å²) in [6.45, 7) is 3.58. The van der Waals surface area contributed by atoms with Crippen molar-refractivity contribution in [3.8, 4) is 10.6 Å². The minimum Gasteiger partial charge on any atom is -0.349 e. The molecule has 0 radical (unpaired) electrons. The third kappa shape index (κ3) is 3.81. The van der Waals surface area contributed by atoms with Crippen molar-refractivity contribution in [3.63, 3.8) is 0 Å². The van der Waals surface area contributed by atoms with Crippen LogP contribution >= 0.6 is 22.7 Å². The number of nitrogens with zero attached hydrogens (tertiary/aromatic N) is 2. The van der Waals surface area contributed by atoms with E-state index in [-0.39, 0.29) is 5.91 Å². The number of thiazole rings is 1. The van der Waals surface area contributed by atoms with E-state index in [2.05, 4.69) is 26.6 Å². The molecule has 6 heteroatoms. The average Bonchev–Trinajstić information content (AvgIpc) is 3.31. The van der Waals surface area contributed by atoms with Gasteiger partial charge in [0, 0.05) is 42.0 Å². The van der Waals surface area contributed by atoms with Gasteiger partial charge in [-0.1, -0.05) is 30.3 Å². The number of thiophene rings is 1. The maximum Gasteiger partial charge on any atom is 0.270 e. The van der Waals surface area contributed by atoms with Crippen molar-refractivity contribution in [2.75, 3.05) is 19.6 Å². The Morgan fingerprint density at radius 1 is 1.20 bits per heavy atom. The van der Waals surface area contributed by atoms with E-state index in [0.717, 1.165) is 36.6 Å². The first kappa shape index (κ1) is 16.4. The van der Waals surface area contributed by atoms with Gasteiger partial charge in [0.05, 0.1) is 0 Å². The van der Waals surface area contributed by atoms with Crippen molar-refractivity contribution in [3.05, 3.63) is 63.3 Å². The molecule has 3 aromatic rings. The molecule has 3 heterocycles. The lowest BCUT2D eigenvalue weighted by molar-refractivity contribution is 0.0943. The minimum atomic E-state index is -0.0911. The molecule has 0 saturated heterocycles. The first-order chi connectivity index (χ1) is 12.3. The quantitative estimate of drug-likeness (QED) is 0.746. The van der Waals surface area contributed by atoms with Gasteiger partial charge in [-0.25, -0.2) is 4.98 Å². The van der Waals surface area contributed by atoms with Gasteiger partial charge in [0.25, 0.3) is 5.91 Å². The van der Waals surface area contributed by atoms with Crippen molar-refractivity contribution in [1.82, 2.24) is 15.2 Å². The second-order valence-electron chi connectivity index (χ2n) is 6.05. The molecule has 2 aromatic heterocycles. The molecular formula is C19H19N3OS2. The maximum absolute atomic E-state index is 12.3. The zero-order valence-corrected chi connectivity index (χ0v) is 15.4. The van der Waals surface area contributed by atoms with Crippen LogP contribution in [0.4, 0.5) is 0 Å². The van der Waals surface area contributed by atoms with Crippen molar-refractivity contribution < 1.29 is 4.79 Å². The number of carbonyl (C=O) groups excluding carboxylic acids is 1. The van der Waals surface area contributed by atoms with Gasteiger partial charge in [0.2, 0.25) is 0 Å². The Bertz CT molecular complexity index is 856. The summed E-state index contributed by atoms with van der Waals surface area (Å²) in [7, 11) is 0. The molecule has 1 amide bonds. The number of hydrogen-bond acceptors (Lipinski definition) is 5. The molecule has 4 rings (SSSR count). The summed E-state index contributed by atoms with van der Waals surface area (Å²) < 4.78 is 0. The summed E-state index contributed by atoms with van der Waals surface area (Å²) in [5, 5.41) is 7.87. The minimum absolute atomic E-state index is 0.0911. The fraction of sp³-hybridized carbons (Fsp3) is 0.263. The molecule has 1 aliphatic rings. The van der Waals surface area contributed by atoms with E-state index in [1.54, 1.807) is 0 Å². The lowest BCUT2D eigenvalue weighted by Crippen LogP contribution is -2.37. The van der Waals surface area contributed by atoms with Crippen LogP contribution in [0, 0.1) is 0 Å². The summed E-state index contributed by atoms with van der Waals surface area (Å²) in [5.74, 6) is -0.0911. The summed E-state index contributed by atoms with van der Waals surface area (Å²) in [6, 6.07) is 12.2. The van der Waals surface area contributed by atoms with Crippen LogP contribution in [0.3, 0.4) is 0 Å². The van der Waals surface area contributed by atoms with Crippen molar-refractivity contribution in [1.29, 1.82) is 0 Å². The summed E-state index contributed by atoms with van der Waals surface area (Å²) >= 11 is 3.35. The lowest BCUT2D eigenvalue weighted by atomic mass is 10.1. The number of rotatable bonds is 5. The van der Waals surface area contributed by atoms with Crippen LogP contribution in [0.1, 0.15) is 20.9 Å². The Morgan fingerprint density at radius 2 is 2.08 bits per heavy atom. The number of carbonyl (C=O) groups is 1. The third-order valence-electron chi connectivity index (χ3n) is 4.36. The van der Waals surface area contributed by atoms with Gasteiger partial charge in [-0.05, 0) is 23.4 Å². The molecule has 0 bridgehead atoms. The number of nitrogens with one attached hydrogen (secondary N) is 1. The first-order valence-electron chi connectivity index (χ1n) is 8.36. The second-order valence-corrected chi connectivity index (χ2v) is 7.91. The summed E-state index contributed by atoms with van der Waals surface area (Å²) in [6.07, 6.45) is 1.12. The Morgan fingerprint density at radius 3 is 2.96 bits per heavy atom. The molecule has 0 saturated carbocycles. The van der Waals surface area contributed by atoms with Gasteiger partial charge in [0.1, 0.15) is 10.7 Å². The summed E-state index contributed by atoms with van der Waals surface area (Å²) in [4.78, 5) is 20.7. The van der Waals surface area contributed by atoms with E-state index in [4.69, 9.17) is 0 Å². The number of fused-ring (bicyclic) bond motifs is 1. The Hall–Kier alpha value is -2.02. The topological polar surface area (TPSA) is 45.2 Å². The molecule has 0 atom stereocenters. The smallest absolute Gasteiger partial charge is 0.270 e. The van der Waals surface area contributed by atoms with Gasteiger partial charge in [-0.15, -0.1) is 22.7 Å². The molecule has 4 nitrogen and oxygen atoms in total. The predicted octanol–water partition coefficient (Wildman–Crippen LogP) is 3.66. The number of hydrogen-bond donors (Lipinski definition) is 1. The highest BCUT2D eigenvalue weighted by molar-refractivity contribution is 7.13. The van der Waals surface area contributed by atoms with Crippen LogP contribution in [0.2, 0.25) is 0 Å². The van der Waals surface area contributed by atoms with Crippen LogP contribution in [0.5, 0.6) is 0 Å². The fourth-order valence-corrected chi connectivity index (χ4v) is 4.70. The Balaban J connectivity index is 1.29. The zero-order valence-electron chi connectivity index (χ0n) is 13.8. The molecule has 128 valence electrons. The molecule has 0 spiro atoms. The van der Waals surface area contributed by atoms with Crippen LogP contribution in [-0.2, 0) is 13.0 Å². The standard InChI is InChI=1S/C19H19N3OS2/c23-18(16-13-25-19(21-16)14-4-2-1-3-5-14)20-8-10-22-9-6-17-15(12-22)7-11-24-17/h1-5,7,11,13H,6,8-10,12H2,(H,20,23). The number of benzene rings is 1. The predicted molar refractivity (Wildman–Crippen MR) is 103 cm³/mol. The third-order valence-corrected chi connectivity index (χ3v) is 6.27. The summed E-state index contributed by atoms with van der Waals surface area (Å²) in [5.41, 5.74) is 2.99. The van der Waals surface area contributed by atoms with Gasteiger partial charge < -0.3 is 5.32 Å². The van der Waals surface area contributed by atoms with Crippen LogP contribution in [-0.4, -0.2) is 35.4 Å². The molecule has 1 aliphatic heterocycles. The first-order valence-corrected chi connectivity index (χ1v) is 10.1. The molecule has 25 heavy (non-hydrogen) atoms.